The van der Waals surface area contributed by atoms with Crippen LogP contribution in [0.4, 0.5) is 0 Å². The number of piperidine rings is 1. The first kappa shape index (κ1) is 14.5. The summed E-state index contributed by atoms with van der Waals surface area (Å²) >= 11 is 0. The number of amides is 1. The third kappa shape index (κ3) is 4.05. The number of likely N-dealkylation sites (tertiary alicyclic amines) is 1. The van der Waals surface area contributed by atoms with E-state index >= 15 is 0 Å². The maximum atomic E-state index is 12.3. The summed E-state index contributed by atoms with van der Waals surface area (Å²) in [4.78, 5) is 25.9. The zero-order valence-electron chi connectivity index (χ0n) is 12.2. The molecule has 0 atom stereocenters. The second-order valence-electron chi connectivity index (χ2n) is 6.18. The van der Waals surface area contributed by atoms with Gasteiger partial charge < -0.3 is 4.90 Å². The van der Waals surface area contributed by atoms with E-state index in [9.17, 15) is 9.59 Å². The largest absolute Gasteiger partial charge is 0.343 e. The molecule has 1 saturated heterocycles. The predicted molar refractivity (Wildman–Crippen MR) is 75.8 cm³/mol. The van der Waals surface area contributed by atoms with Crippen LogP contribution in [0.2, 0.25) is 0 Å². The summed E-state index contributed by atoms with van der Waals surface area (Å²) < 4.78 is 0. The molecule has 0 aromatic carbocycles. The number of carbonyl (C=O) groups is 2. The molecule has 1 saturated carbocycles. The highest BCUT2D eigenvalue weighted by Crippen LogP contribution is 2.28. The first-order valence-corrected chi connectivity index (χ1v) is 8.01. The van der Waals surface area contributed by atoms with Crippen LogP contribution < -0.4 is 0 Å². The van der Waals surface area contributed by atoms with Gasteiger partial charge in [0.2, 0.25) is 5.91 Å². The zero-order valence-corrected chi connectivity index (χ0v) is 12.2. The van der Waals surface area contributed by atoms with Crippen LogP contribution in [0.15, 0.2) is 0 Å². The summed E-state index contributed by atoms with van der Waals surface area (Å²) in [6, 6.07) is 0. The molecule has 1 amide bonds. The number of hydrogen-bond acceptors (Lipinski definition) is 2. The van der Waals surface area contributed by atoms with E-state index in [4.69, 9.17) is 0 Å². The molecule has 0 bridgehead atoms. The van der Waals surface area contributed by atoms with Gasteiger partial charge in [0.25, 0.3) is 0 Å². The Labute approximate surface area is 116 Å². The van der Waals surface area contributed by atoms with Gasteiger partial charge in [0, 0.05) is 31.8 Å². The Hall–Kier alpha value is -0.860. The Morgan fingerprint density at radius 1 is 1.00 bits per heavy atom. The van der Waals surface area contributed by atoms with Crippen molar-refractivity contribution >= 4 is 11.7 Å². The smallest absolute Gasteiger partial charge is 0.222 e. The van der Waals surface area contributed by atoms with Gasteiger partial charge in [-0.1, -0.05) is 26.2 Å². The van der Waals surface area contributed by atoms with Gasteiger partial charge in [-0.25, -0.2) is 0 Å². The quantitative estimate of drug-likeness (QED) is 0.783. The first-order chi connectivity index (χ1) is 9.20. The van der Waals surface area contributed by atoms with Crippen molar-refractivity contribution in [3.8, 4) is 0 Å². The Balaban J connectivity index is 1.74. The minimum absolute atomic E-state index is 0.212. The van der Waals surface area contributed by atoms with Crippen LogP contribution in [0, 0.1) is 11.8 Å². The lowest BCUT2D eigenvalue weighted by atomic mass is 9.86. The van der Waals surface area contributed by atoms with Crippen LogP contribution in [0.5, 0.6) is 0 Å². The lowest BCUT2D eigenvalue weighted by molar-refractivity contribution is -0.136. The Kier molecular flexibility index (Phi) is 5.41. The van der Waals surface area contributed by atoms with E-state index < -0.39 is 0 Å². The molecule has 0 radical (unpaired) electrons. The van der Waals surface area contributed by atoms with Crippen molar-refractivity contribution in [1.82, 2.24) is 4.90 Å². The number of Topliss-reactive ketones (excluding diaryl/α,β-unsaturated/α-hetero) is 1. The highest BCUT2D eigenvalue weighted by Gasteiger charge is 2.27. The van der Waals surface area contributed by atoms with Crippen molar-refractivity contribution in [2.75, 3.05) is 13.1 Å². The summed E-state index contributed by atoms with van der Waals surface area (Å²) in [6.07, 6.45) is 9.54. The van der Waals surface area contributed by atoms with Crippen molar-refractivity contribution in [3.63, 3.8) is 0 Å². The van der Waals surface area contributed by atoms with Gasteiger partial charge in [-0.05, 0) is 31.6 Å². The second kappa shape index (κ2) is 7.06. The molecule has 3 nitrogen and oxygen atoms in total. The van der Waals surface area contributed by atoms with Crippen molar-refractivity contribution in [1.29, 1.82) is 0 Å². The van der Waals surface area contributed by atoms with Gasteiger partial charge in [0.1, 0.15) is 5.78 Å². The van der Waals surface area contributed by atoms with Gasteiger partial charge >= 0.3 is 0 Å². The molecule has 0 spiro atoms. The molecular formula is C16H27NO2. The second-order valence-corrected chi connectivity index (χ2v) is 6.18. The molecular weight excluding hydrogens is 238 g/mol. The van der Waals surface area contributed by atoms with Crippen molar-refractivity contribution in [3.05, 3.63) is 0 Å². The standard InChI is InChI=1S/C16H27NO2/c1-2-15(18)14-8-10-17(11-9-14)16(19)12-13-6-4-3-5-7-13/h13-14H,2-12H2,1H3. The Morgan fingerprint density at radius 2 is 1.63 bits per heavy atom. The minimum Gasteiger partial charge on any atom is -0.343 e. The highest BCUT2D eigenvalue weighted by molar-refractivity contribution is 5.81. The van der Waals surface area contributed by atoms with Crippen LogP contribution in [-0.2, 0) is 9.59 Å². The van der Waals surface area contributed by atoms with Crippen molar-refractivity contribution in [2.45, 2.75) is 64.7 Å². The van der Waals surface area contributed by atoms with E-state index in [1.165, 1.54) is 32.1 Å². The fourth-order valence-electron chi connectivity index (χ4n) is 3.51. The van der Waals surface area contributed by atoms with Gasteiger partial charge in [-0.3, -0.25) is 9.59 Å². The summed E-state index contributed by atoms with van der Waals surface area (Å²) in [7, 11) is 0. The normalized spacial score (nSPS) is 22.5. The van der Waals surface area contributed by atoms with E-state index in [0.717, 1.165) is 32.4 Å². The number of rotatable bonds is 4. The van der Waals surface area contributed by atoms with Gasteiger partial charge in [-0.15, -0.1) is 0 Å². The molecule has 1 aliphatic heterocycles. The summed E-state index contributed by atoms with van der Waals surface area (Å²) in [5.41, 5.74) is 0. The zero-order chi connectivity index (χ0) is 13.7. The van der Waals surface area contributed by atoms with E-state index in [2.05, 4.69) is 0 Å². The lowest BCUT2D eigenvalue weighted by Gasteiger charge is -2.32. The molecule has 2 fully saturated rings. The van der Waals surface area contributed by atoms with Crippen LogP contribution >= 0.6 is 0 Å². The van der Waals surface area contributed by atoms with E-state index in [0.29, 0.717) is 24.0 Å². The molecule has 2 rings (SSSR count). The molecule has 108 valence electrons. The van der Waals surface area contributed by atoms with Crippen LogP contribution in [0.1, 0.15) is 64.7 Å². The fourth-order valence-corrected chi connectivity index (χ4v) is 3.51. The summed E-state index contributed by atoms with van der Waals surface area (Å²) in [6.45, 7) is 3.52. The summed E-state index contributed by atoms with van der Waals surface area (Å²) in [5.74, 6) is 1.54. The molecule has 0 aromatic heterocycles. The topological polar surface area (TPSA) is 37.4 Å². The lowest BCUT2D eigenvalue weighted by Crippen LogP contribution is -2.40. The van der Waals surface area contributed by atoms with E-state index in [-0.39, 0.29) is 5.92 Å². The van der Waals surface area contributed by atoms with Crippen LogP contribution in [0.25, 0.3) is 0 Å². The number of nitrogens with zero attached hydrogens (tertiary/aromatic N) is 1. The van der Waals surface area contributed by atoms with Gasteiger partial charge in [0.05, 0.1) is 0 Å². The fraction of sp³-hybridized carbons (Fsp3) is 0.875. The molecule has 1 heterocycles. The summed E-state index contributed by atoms with van der Waals surface area (Å²) in [5, 5.41) is 0. The molecule has 0 unspecified atom stereocenters. The minimum atomic E-state index is 0.212. The molecule has 0 aromatic rings. The molecule has 3 heteroatoms. The molecule has 1 aliphatic carbocycles. The molecule has 19 heavy (non-hydrogen) atoms. The molecule has 0 N–H and O–H groups in total. The first-order valence-electron chi connectivity index (χ1n) is 8.01. The van der Waals surface area contributed by atoms with Crippen molar-refractivity contribution in [2.24, 2.45) is 11.8 Å². The monoisotopic (exact) mass is 265 g/mol. The maximum absolute atomic E-state index is 12.3. The van der Waals surface area contributed by atoms with Gasteiger partial charge in [0.15, 0.2) is 0 Å². The van der Waals surface area contributed by atoms with E-state index in [1.807, 2.05) is 11.8 Å². The van der Waals surface area contributed by atoms with E-state index in [1.54, 1.807) is 0 Å². The van der Waals surface area contributed by atoms with Crippen LogP contribution in [0.3, 0.4) is 0 Å². The average Bonchev–Trinajstić information content (AvgIpc) is 2.47. The number of hydrogen-bond donors (Lipinski definition) is 0. The maximum Gasteiger partial charge on any atom is 0.222 e. The third-order valence-corrected chi connectivity index (χ3v) is 4.84. The van der Waals surface area contributed by atoms with Gasteiger partial charge in [-0.2, -0.15) is 0 Å². The van der Waals surface area contributed by atoms with Crippen LogP contribution in [-0.4, -0.2) is 29.7 Å². The Bertz CT molecular complexity index is 313. The SMILES string of the molecule is CCC(=O)C1CCN(C(=O)CC2CCCCC2)CC1. The number of ketones is 1. The predicted octanol–water partition coefficient (Wildman–Crippen LogP) is 3.17. The highest BCUT2D eigenvalue weighted by atomic mass is 16.2. The average molecular weight is 265 g/mol. The third-order valence-electron chi connectivity index (χ3n) is 4.84. The molecule has 2 aliphatic rings. The Morgan fingerprint density at radius 3 is 2.21 bits per heavy atom. The van der Waals surface area contributed by atoms with Crippen molar-refractivity contribution < 1.29 is 9.59 Å². The number of carbonyl (C=O) groups excluding carboxylic acids is 2.